The first-order valence-electron chi connectivity index (χ1n) is 9.64. The van der Waals surface area contributed by atoms with Crippen molar-refractivity contribution in [2.45, 2.75) is 57.8 Å². The smallest absolute Gasteiger partial charge is 0.253 e. The number of aromatic nitrogens is 2. The summed E-state index contributed by atoms with van der Waals surface area (Å²) < 4.78 is 10.5. The Kier molecular flexibility index (Phi) is 8.76. The van der Waals surface area contributed by atoms with Gasteiger partial charge in [0, 0.05) is 19.9 Å². The van der Waals surface area contributed by atoms with Crippen LogP contribution in [-0.4, -0.2) is 23.1 Å². The van der Waals surface area contributed by atoms with Gasteiger partial charge in [-0.3, -0.25) is 4.79 Å². The second kappa shape index (κ2) is 10.8. The molecule has 1 aliphatic carbocycles. The molecule has 2 aromatic rings. The fraction of sp³-hybridized carbons (Fsp3) is 0.524. The molecule has 0 saturated heterocycles. The monoisotopic (exact) mass is 483 g/mol. The van der Waals surface area contributed by atoms with E-state index in [1.54, 1.807) is 0 Å². The first kappa shape index (κ1) is 21.9. The van der Waals surface area contributed by atoms with Crippen molar-refractivity contribution in [1.82, 2.24) is 9.88 Å². The van der Waals surface area contributed by atoms with Crippen LogP contribution < -0.4 is 33.9 Å². The third kappa shape index (κ3) is 6.04. The van der Waals surface area contributed by atoms with Gasteiger partial charge in [-0.2, -0.15) is 0 Å². The van der Waals surface area contributed by atoms with Gasteiger partial charge in [0.05, 0.1) is 19.7 Å². The van der Waals surface area contributed by atoms with Gasteiger partial charge in [-0.1, -0.05) is 43.2 Å². The van der Waals surface area contributed by atoms with Gasteiger partial charge in [-0.05, 0) is 18.4 Å². The van der Waals surface area contributed by atoms with Crippen LogP contribution in [0.5, 0.6) is 0 Å². The highest BCUT2D eigenvalue weighted by molar-refractivity contribution is 5.82. The van der Waals surface area contributed by atoms with Crippen LogP contribution in [0.2, 0.25) is 0 Å². The number of imidazole rings is 1. The Bertz CT molecular complexity index is 711. The number of carbonyl (C=O) groups is 1. The lowest BCUT2D eigenvalue weighted by atomic mass is 10.1. The summed E-state index contributed by atoms with van der Waals surface area (Å²) in [5.41, 5.74) is 0.935. The van der Waals surface area contributed by atoms with Crippen LogP contribution in [0.1, 0.15) is 49.6 Å². The molecule has 5 nitrogen and oxygen atoms in total. The maximum absolute atomic E-state index is 12.8. The number of benzene rings is 1. The number of halogens is 1. The number of nitrogens with one attached hydrogen (secondary N) is 1. The Morgan fingerprint density at radius 1 is 1.30 bits per heavy atom. The van der Waals surface area contributed by atoms with Gasteiger partial charge < -0.3 is 34.0 Å². The molecule has 6 heteroatoms. The molecule has 0 spiro atoms. The summed E-state index contributed by atoms with van der Waals surface area (Å²) in [6.45, 7) is 3.64. The molecule has 1 aliphatic rings. The maximum atomic E-state index is 12.8. The van der Waals surface area contributed by atoms with Gasteiger partial charge in [0.2, 0.25) is 0 Å². The zero-order valence-electron chi connectivity index (χ0n) is 16.2. The van der Waals surface area contributed by atoms with Gasteiger partial charge in [0.25, 0.3) is 11.7 Å². The maximum Gasteiger partial charge on any atom is 0.253 e. The number of amides is 1. The quantitative estimate of drug-likeness (QED) is 0.322. The Morgan fingerprint density at radius 2 is 2.00 bits per heavy atom. The standard InChI is InChI=1S/C21H29N3O2.HI/c1-17-23(2)15-16-24(17)14-8-13-22-21(25)20(18-9-4-3-5-10-18)26-19-11-6-7-12-19;/h3-5,9-10,15-16,19-20H,6-8,11-14H2,1-2H3;1H. The molecule has 3 rings (SSSR count). The number of ether oxygens (including phenoxy) is 1. The van der Waals surface area contributed by atoms with Crippen molar-refractivity contribution in [3.05, 3.63) is 54.1 Å². The zero-order chi connectivity index (χ0) is 18.4. The molecule has 1 heterocycles. The molecule has 0 radical (unpaired) electrons. The van der Waals surface area contributed by atoms with Crippen molar-refractivity contribution in [2.24, 2.45) is 7.05 Å². The van der Waals surface area contributed by atoms with Crippen molar-refractivity contribution in [2.75, 3.05) is 6.54 Å². The van der Waals surface area contributed by atoms with Crippen LogP contribution in [0.4, 0.5) is 0 Å². The van der Waals surface area contributed by atoms with Gasteiger partial charge >= 0.3 is 0 Å². The number of hydrogen-bond donors (Lipinski definition) is 1. The first-order valence-corrected chi connectivity index (χ1v) is 9.64. The van der Waals surface area contributed by atoms with E-state index in [-0.39, 0.29) is 36.0 Å². The normalized spacial score (nSPS) is 15.3. The van der Waals surface area contributed by atoms with Gasteiger partial charge in [-0.25, -0.2) is 9.13 Å². The fourth-order valence-corrected chi connectivity index (χ4v) is 3.53. The molecule has 0 aliphatic heterocycles. The molecular weight excluding hydrogens is 453 g/mol. The summed E-state index contributed by atoms with van der Waals surface area (Å²) in [5, 5.41) is 3.07. The average Bonchev–Trinajstić information content (AvgIpc) is 3.28. The van der Waals surface area contributed by atoms with E-state index in [0.717, 1.165) is 31.4 Å². The molecule has 1 aromatic carbocycles. The first-order chi connectivity index (χ1) is 12.6. The van der Waals surface area contributed by atoms with Crippen molar-refractivity contribution in [1.29, 1.82) is 0 Å². The minimum atomic E-state index is -0.509. The van der Waals surface area contributed by atoms with Crippen LogP contribution in [-0.2, 0) is 23.1 Å². The van der Waals surface area contributed by atoms with E-state index >= 15 is 0 Å². The highest BCUT2D eigenvalue weighted by Gasteiger charge is 2.26. The molecular formula is C21H30IN3O2. The second-order valence-electron chi connectivity index (χ2n) is 7.13. The Balaban J connectivity index is 0.00000261. The fourth-order valence-electron chi connectivity index (χ4n) is 3.53. The Morgan fingerprint density at radius 3 is 2.63 bits per heavy atom. The Hall–Kier alpha value is -1.41. The molecule has 27 heavy (non-hydrogen) atoms. The molecule has 148 valence electrons. The van der Waals surface area contributed by atoms with Gasteiger partial charge in [-0.15, -0.1) is 0 Å². The molecule has 1 atom stereocenters. The van der Waals surface area contributed by atoms with Crippen LogP contribution in [0.25, 0.3) is 0 Å². The van der Waals surface area contributed by atoms with Crippen LogP contribution >= 0.6 is 0 Å². The number of hydrogen-bond acceptors (Lipinski definition) is 2. The molecule has 1 saturated carbocycles. The van der Waals surface area contributed by atoms with Crippen molar-refractivity contribution < 1.29 is 38.1 Å². The number of aryl methyl sites for hydroxylation is 2. The van der Waals surface area contributed by atoms with Crippen LogP contribution in [0.15, 0.2) is 42.7 Å². The minimum absolute atomic E-state index is 0. The largest absolute Gasteiger partial charge is 1.00 e. The Labute approximate surface area is 179 Å². The zero-order valence-corrected chi connectivity index (χ0v) is 18.4. The lowest BCUT2D eigenvalue weighted by Crippen LogP contribution is -3.00. The lowest BCUT2D eigenvalue weighted by Gasteiger charge is -2.22. The van der Waals surface area contributed by atoms with Crippen molar-refractivity contribution in [3.8, 4) is 0 Å². The predicted molar refractivity (Wildman–Crippen MR) is 100 cm³/mol. The molecule has 1 aromatic heterocycles. The predicted octanol–water partition coefficient (Wildman–Crippen LogP) is -0.168. The third-order valence-corrected chi connectivity index (χ3v) is 5.24. The van der Waals surface area contributed by atoms with E-state index in [2.05, 4.69) is 33.8 Å². The molecule has 1 fully saturated rings. The molecule has 1 unspecified atom stereocenters. The van der Waals surface area contributed by atoms with Gasteiger partial charge in [0.1, 0.15) is 12.4 Å². The number of carbonyl (C=O) groups excluding carboxylic acids is 1. The third-order valence-electron chi connectivity index (χ3n) is 5.24. The SMILES string of the molecule is Cc1n(CCCNC(=O)C(OC2CCCC2)c2ccccc2)cc[n+]1C.[I-]. The summed E-state index contributed by atoms with van der Waals surface area (Å²) in [6, 6.07) is 9.84. The molecule has 0 bridgehead atoms. The number of nitrogens with zero attached hydrogens (tertiary/aromatic N) is 2. The van der Waals surface area contributed by atoms with Crippen LogP contribution in [0.3, 0.4) is 0 Å². The highest BCUT2D eigenvalue weighted by atomic mass is 127. The lowest BCUT2D eigenvalue weighted by molar-refractivity contribution is -0.677. The van der Waals surface area contributed by atoms with E-state index in [1.165, 1.54) is 18.7 Å². The topological polar surface area (TPSA) is 47.1 Å². The summed E-state index contributed by atoms with van der Waals surface area (Å²) in [6.07, 6.45) is 9.22. The van der Waals surface area contributed by atoms with Crippen molar-refractivity contribution >= 4 is 5.91 Å². The average molecular weight is 483 g/mol. The summed E-state index contributed by atoms with van der Waals surface area (Å²) in [4.78, 5) is 12.8. The van der Waals surface area contributed by atoms with E-state index in [9.17, 15) is 4.79 Å². The summed E-state index contributed by atoms with van der Waals surface area (Å²) >= 11 is 0. The second-order valence-corrected chi connectivity index (χ2v) is 7.13. The molecule has 1 amide bonds. The van der Waals surface area contributed by atoms with E-state index in [4.69, 9.17) is 4.74 Å². The summed E-state index contributed by atoms with van der Waals surface area (Å²) in [5.74, 6) is 1.18. The number of rotatable bonds is 8. The van der Waals surface area contributed by atoms with E-state index in [1.807, 2.05) is 37.4 Å². The van der Waals surface area contributed by atoms with Crippen molar-refractivity contribution in [3.63, 3.8) is 0 Å². The van der Waals surface area contributed by atoms with E-state index in [0.29, 0.717) is 6.54 Å². The minimum Gasteiger partial charge on any atom is -1.00 e. The summed E-state index contributed by atoms with van der Waals surface area (Å²) in [7, 11) is 2.04. The van der Waals surface area contributed by atoms with Crippen LogP contribution in [0, 0.1) is 6.92 Å². The molecule has 1 N–H and O–H groups in total. The van der Waals surface area contributed by atoms with Gasteiger partial charge in [0.15, 0.2) is 6.10 Å². The highest BCUT2D eigenvalue weighted by Crippen LogP contribution is 2.28. The van der Waals surface area contributed by atoms with E-state index < -0.39 is 6.10 Å².